The first-order valence-electron chi connectivity index (χ1n) is 13.3. The van der Waals surface area contributed by atoms with E-state index in [9.17, 15) is 14.7 Å². The van der Waals surface area contributed by atoms with E-state index in [0.29, 0.717) is 29.6 Å². The van der Waals surface area contributed by atoms with E-state index in [-0.39, 0.29) is 40.7 Å². The highest BCUT2D eigenvalue weighted by atomic mass is 16.5. The highest BCUT2D eigenvalue weighted by molar-refractivity contribution is 6.01. The zero-order valence-corrected chi connectivity index (χ0v) is 21.5. The first-order valence-corrected chi connectivity index (χ1v) is 13.3. The second-order valence-corrected chi connectivity index (χ2v) is 12.4. The van der Waals surface area contributed by atoms with Crippen LogP contribution in [-0.4, -0.2) is 29.1 Å². The Morgan fingerprint density at radius 3 is 2.55 bits per heavy atom. The summed E-state index contributed by atoms with van der Waals surface area (Å²) in [5.74, 6) is 2.49. The van der Waals surface area contributed by atoms with Gasteiger partial charge < -0.3 is 9.84 Å². The van der Waals surface area contributed by atoms with Crippen molar-refractivity contribution in [3.05, 3.63) is 23.8 Å². The molecule has 1 N–H and O–H groups in total. The number of hydrogen-bond acceptors (Lipinski definition) is 4. The Balaban J connectivity index is 1.59. The number of ketones is 1. The molecule has 3 saturated carbocycles. The van der Waals surface area contributed by atoms with E-state index in [1.54, 1.807) is 6.08 Å². The molecule has 0 unspecified atom stereocenters. The Morgan fingerprint density at radius 1 is 1.15 bits per heavy atom. The fourth-order valence-corrected chi connectivity index (χ4v) is 8.46. The first-order chi connectivity index (χ1) is 15.5. The number of rotatable bonds is 6. The Morgan fingerprint density at radius 2 is 1.88 bits per heavy atom. The molecular weight excluding hydrogens is 412 g/mol. The maximum atomic E-state index is 12.0. The van der Waals surface area contributed by atoms with Crippen molar-refractivity contribution in [2.24, 2.45) is 46.3 Å². The molecule has 4 nitrogen and oxygen atoms in total. The smallest absolute Gasteiger partial charge is 0.302 e. The van der Waals surface area contributed by atoms with Gasteiger partial charge in [0, 0.05) is 12.3 Å². The minimum absolute atomic E-state index is 0.0823. The van der Waals surface area contributed by atoms with Gasteiger partial charge in [-0.3, -0.25) is 9.59 Å². The minimum atomic E-state index is -0.371. The van der Waals surface area contributed by atoms with E-state index in [0.717, 1.165) is 44.9 Å². The Labute approximate surface area is 200 Å². The molecule has 0 heterocycles. The number of carbonyl (C=O) groups excluding carboxylic acids is 2. The molecule has 4 aliphatic carbocycles. The third kappa shape index (κ3) is 4.15. The van der Waals surface area contributed by atoms with Gasteiger partial charge in [-0.25, -0.2) is 0 Å². The maximum absolute atomic E-state index is 12.0. The molecule has 0 aromatic rings. The van der Waals surface area contributed by atoms with Gasteiger partial charge in [0.15, 0.2) is 5.78 Å². The lowest BCUT2D eigenvalue weighted by atomic mass is 9.46. The molecule has 0 spiro atoms. The van der Waals surface area contributed by atoms with E-state index >= 15 is 0 Å². The highest BCUT2D eigenvalue weighted by Gasteiger charge is 2.63. The number of fused-ring (bicyclic) bond motifs is 5. The van der Waals surface area contributed by atoms with Gasteiger partial charge in [0.25, 0.3) is 0 Å². The van der Waals surface area contributed by atoms with E-state index in [1.165, 1.54) is 12.5 Å². The molecule has 4 aliphatic rings. The summed E-state index contributed by atoms with van der Waals surface area (Å²) in [5, 5.41) is 11.7. The van der Waals surface area contributed by atoms with Crippen molar-refractivity contribution in [2.75, 3.05) is 0 Å². The Kier molecular flexibility index (Phi) is 6.72. The summed E-state index contributed by atoms with van der Waals surface area (Å²) >= 11 is 0. The molecule has 0 aromatic carbocycles. The number of aliphatic hydroxyl groups is 1. The summed E-state index contributed by atoms with van der Waals surface area (Å²) in [4.78, 5) is 23.9. The number of esters is 1. The number of ether oxygens (including phenoxy) is 1. The van der Waals surface area contributed by atoms with E-state index in [2.05, 4.69) is 40.7 Å². The SMILES string of the molecule is CC(=O)O[C@H](CCC(C)C)[C@@H](C)[C@H]1CC[C@H]2[C@@H]3CCC4=CC(=O)C=C[C@]4(C)[C@H]3C[C@@H](O)[C@]12C. The monoisotopic (exact) mass is 456 g/mol. The highest BCUT2D eigenvalue weighted by Crippen LogP contribution is 2.67. The third-order valence-corrected chi connectivity index (χ3v) is 10.3. The van der Waals surface area contributed by atoms with Crippen molar-refractivity contribution in [2.45, 2.75) is 98.7 Å². The number of allylic oxidation sites excluding steroid dienone is 4. The van der Waals surface area contributed by atoms with Crippen molar-refractivity contribution in [1.29, 1.82) is 0 Å². The molecule has 0 bridgehead atoms. The lowest BCUT2D eigenvalue weighted by Gasteiger charge is -2.59. The van der Waals surface area contributed by atoms with Gasteiger partial charge in [-0.15, -0.1) is 0 Å². The van der Waals surface area contributed by atoms with Crippen LogP contribution in [0.3, 0.4) is 0 Å². The normalized spacial score (nSPS) is 41.6. The standard InChI is InChI=1S/C29H44O4/c1-17(2)7-12-26(33-19(4)30)18(3)23-10-11-24-22-9-8-20-15-21(31)13-14-28(20,5)25(22)16-27(32)29(23,24)6/h13-15,17-18,22-27,32H,7-12,16H2,1-6H3/t18-,22-,23+,24-,25-,26+,27+,28-,29+/m0/s1. The van der Waals surface area contributed by atoms with Gasteiger partial charge in [0.2, 0.25) is 0 Å². The second kappa shape index (κ2) is 8.98. The largest absolute Gasteiger partial charge is 0.462 e. The fraction of sp³-hybridized carbons (Fsp3) is 0.793. The zero-order valence-electron chi connectivity index (χ0n) is 21.5. The summed E-state index contributed by atoms with van der Waals surface area (Å²) < 4.78 is 5.87. The van der Waals surface area contributed by atoms with Gasteiger partial charge in [-0.05, 0) is 98.0 Å². The van der Waals surface area contributed by atoms with Crippen LogP contribution >= 0.6 is 0 Å². The van der Waals surface area contributed by atoms with Crippen molar-refractivity contribution >= 4 is 11.8 Å². The van der Waals surface area contributed by atoms with Crippen molar-refractivity contribution in [1.82, 2.24) is 0 Å². The molecule has 0 saturated heterocycles. The van der Waals surface area contributed by atoms with Crippen LogP contribution in [0.4, 0.5) is 0 Å². The zero-order chi connectivity index (χ0) is 24.1. The average Bonchev–Trinajstić information content (AvgIpc) is 3.10. The summed E-state index contributed by atoms with van der Waals surface area (Å²) in [6, 6.07) is 0. The van der Waals surface area contributed by atoms with Crippen LogP contribution in [0.2, 0.25) is 0 Å². The first kappa shape index (κ1) is 24.7. The van der Waals surface area contributed by atoms with Crippen LogP contribution < -0.4 is 0 Å². The molecule has 4 rings (SSSR count). The summed E-state index contributed by atoms with van der Waals surface area (Å²) in [6.45, 7) is 12.8. The third-order valence-electron chi connectivity index (χ3n) is 10.3. The van der Waals surface area contributed by atoms with Gasteiger partial charge in [-0.1, -0.05) is 46.3 Å². The maximum Gasteiger partial charge on any atom is 0.302 e. The van der Waals surface area contributed by atoms with Gasteiger partial charge in [0.1, 0.15) is 6.10 Å². The second-order valence-electron chi connectivity index (χ2n) is 12.4. The van der Waals surface area contributed by atoms with Gasteiger partial charge in [0.05, 0.1) is 6.10 Å². The van der Waals surface area contributed by atoms with Crippen LogP contribution in [0.15, 0.2) is 23.8 Å². The van der Waals surface area contributed by atoms with Crippen LogP contribution in [0.5, 0.6) is 0 Å². The summed E-state index contributed by atoms with van der Waals surface area (Å²) in [5.41, 5.74) is 1.00. The lowest BCUT2D eigenvalue weighted by Crippen LogP contribution is -2.57. The number of hydrogen-bond donors (Lipinski definition) is 1. The van der Waals surface area contributed by atoms with Crippen molar-refractivity contribution in [3.63, 3.8) is 0 Å². The van der Waals surface area contributed by atoms with E-state index in [4.69, 9.17) is 4.74 Å². The van der Waals surface area contributed by atoms with Gasteiger partial charge >= 0.3 is 5.97 Å². The summed E-state index contributed by atoms with van der Waals surface area (Å²) in [6.07, 6.45) is 12.3. The number of carbonyl (C=O) groups is 2. The predicted octanol–water partition coefficient (Wildman–Crippen LogP) is 5.89. The molecule has 184 valence electrons. The van der Waals surface area contributed by atoms with Crippen LogP contribution in [0, 0.1) is 46.3 Å². The average molecular weight is 457 g/mol. The fourth-order valence-electron chi connectivity index (χ4n) is 8.46. The molecule has 0 aliphatic heterocycles. The quantitative estimate of drug-likeness (QED) is 0.507. The van der Waals surface area contributed by atoms with E-state index in [1.807, 2.05) is 6.08 Å². The molecule has 4 heteroatoms. The Bertz CT molecular complexity index is 841. The Hall–Kier alpha value is -1.42. The van der Waals surface area contributed by atoms with Crippen LogP contribution in [-0.2, 0) is 14.3 Å². The predicted molar refractivity (Wildman–Crippen MR) is 130 cm³/mol. The lowest BCUT2D eigenvalue weighted by molar-refractivity contribution is -0.159. The van der Waals surface area contributed by atoms with E-state index < -0.39 is 0 Å². The minimum Gasteiger partial charge on any atom is -0.462 e. The van der Waals surface area contributed by atoms with Crippen LogP contribution in [0.25, 0.3) is 0 Å². The molecule has 0 aromatic heterocycles. The summed E-state index contributed by atoms with van der Waals surface area (Å²) in [7, 11) is 0. The number of aliphatic hydroxyl groups excluding tert-OH is 1. The topological polar surface area (TPSA) is 63.6 Å². The molecule has 9 atom stereocenters. The molecule has 0 amide bonds. The molecule has 33 heavy (non-hydrogen) atoms. The van der Waals surface area contributed by atoms with Crippen LogP contribution in [0.1, 0.15) is 86.5 Å². The molecule has 0 radical (unpaired) electrons. The molecule has 3 fully saturated rings. The molecular formula is C29H44O4. The van der Waals surface area contributed by atoms with Crippen molar-refractivity contribution in [3.8, 4) is 0 Å². The van der Waals surface area contributed by atoms with Gasteiger partial charge in [-0.2, -0.15) is 0 Å². The van der Waals surface area contributed by atoms with Crippen molar-refractivity contribution < 1.29 is 19.4 Å².